The zero-order valence-electron chi connectivity index (χ0n) is 32.1. The van der Waals surface area contributed by atoms with E-state index in [0.717, 1.165) is 0 Å². The maximum atomic E-state index is 14.5. The van der Waals surface area contributed by atoms with Gasteiger partial charge in [0.1, 0.15) is 41.7 Å². The molecule has 6 bridgehead atoms. The molecule has 1 saturated heterocycles. The van der Waals surface area contributed by atoms with Gasteiger partial charge in [-0.3, -0.25) is 28.8 Å². The van der Waals surface area contributed by atoms with Gasteiger partial charge in [-0.25, -0.2) is 0 Å². The molecule has 3 aliphatic rings. The summed E-state index contributed by atoms with van der Waals surface area (Å²) >= 11 is 0. The Hall–Kier alpha value is -6.12. The standard InChI is InChI=1S/C40H48N6O9/c1-23-36(48)43-24(2)39(51)45(4)30(18-25-8-13-28(53-6)14-9-25)37(49)41-22-35(47)44(3)32-19-26-10-15-29(16-11-26)55-34-21-27(12-17-33(34)54-7)20-31(38(50)42-23)46(5)40(32)52/h8-17,21,23-24,30-32H,18-20,22H2,1-7H3,(H,41,49)(H,42,50)(H,43,48)/t23-,24-,30-,31-,32-/m0/s1. The van der Waals surface area contributed by atoms with E-state index in [-0.39, 0.29) is 19.3 Å². The Morgan fingerprint density at radius 2 is 1.31 bits per heavy atom. The first-order valence-electron chi connectivity index (χ1n) is 17.9. The zero-order chi connectivity index (χ0) is 40.0. The summed E-state index contributed by atoms with van der Waals surface area (Å²) in [4.78, 5) is 87.3. The quantitative estimate of drug-likeness (QED) is 0.356. The minimum atomic E-state index is -1.15. The Bertz CT molecular complexity index is 1920. The van der Waals surface area contributed by atoms with E-state index < -0.39 is 72.2 Å². The number of nitrogens with zero attached hydrogens (tertiary/aromatic N) is 3. The Kier molecular flexibility index (Phi) is 12.6. The number of fused-ring (bicyclic) bond motifs is 2. The third kappa shape index (κ3) is 9.34. The molecule has 5 atom stereocenters. The third-order valence-electron chi connectivity index (χ3n) is 10.1. The predicted octanol–water partition coefficient (Wildman–Crippen LogP) is 1.46. The van der Waals surface area contributed by atoms with Crippen molar-refractivity contribution in [3.8, 4) is 23.0 Å². The smallest absolute Gasteiger partial charge is 0.246 e. The molecular formula is C40H48N6O9. The summed E-state index contributed by atoms with van der Waals surface area (Å²) < 4.78 is 16.9. The highest BCUT2D eigenvalue weighted by Gasteiger charge is 2.38. The largest absolute Gasteiger partial charge is 0.497 e. The van der Waals surface area contributed by atoms with Gasteiger partial charge >= 0.3 is 0 Å². The van der Waals surface area contributed by atoms with Crippen LogP contribution in [0, 0.1) is 0 Å². The summed E-state index contributed by atoms with van der Waals surface area (Å²) in [6.45, 7) is 2.46. The molecular weight excluding hydrogens is 708 g/mol. The number of likely N-dealkylation sites (N-methyl/N-ethyl adjacent to an activating group) is 3. The molecule has 3 heterocycles. The van der Waals surface area contributed by atoms with Gasteiger partial charge in [-0.15, -0.1) is 0 Å². The maximum Gasteiger partial charge on any atom is 0.246 e. The van der Waals surface area contributed by atoms with Crippen LogP contribution in [0.15, 0.2) is 66.7 Å². The first-order valence-corrected chi connectivity index (χ1v) is 17.9. The number of methoxy groups -OCH3 is 2. The van der Waals surface area contributed by atoms with Crippen LogP contribution in [0.4, 0.5) is 0 Å². The van der Waals surface area contributed by atoms with Crippen molar-refractivity contribution in [1.82, 2.24) is 30.7 Å². The molecule has 55 heavy (non-hydrogen) atoms. The second-order valence-corrected chi connectivity index (χ2v) is 13.8. The van der Waals surface area contributed by atoms with Gasteiger partial charge in [0.15, 0.2) is 11.5 Å². The Balaban J connectivity index is 1.55. The molecule has 0 aliphatic carbocycles. The summed E-state index contributed by atoms with van der Waals surface area (Å²) in [7, 11) is 7.43. The van der Waals surface area contributed by atoms with Gasteiger partial charge in [0.2, 0.25) is 35.4 Å². The molecule has 15 heteroatoms. The molecule has 3 aliphatic heterocycles. The lowest BCUT2D eigenvalue weighted by molar-refractivity contribution is -0.148. The minimum Gasteiger partial charge on any atom is -0.497 e. The summed E-state index contributed by atoms with van der Waals surface area (Å²) in [6, 6.07) is 13.6. The van der Waals surface area contributed by atoms with Crippen LogP contribution in [0.2, 0.25) is 0 Å². The van der Waals surface area contributed by atoms with E-state index in [1.807, 2.05) is 0 Å². The highest BCUT2D eigenvalue weighted by Crippen LogP contribution is 2.34. The van der Waals surface area contributed by atoms with E-state index in [9.17, 15) is 28.8 Å². The topological polar surface area (TPSA) is 176 Å². The van der Waals surface area contributed by atoms with Crippen LogP contribution in [0.25, 0.3) is 0 Å². The maximum absolute atomic E-state index is 14.5. The average molecular weight is 757 g/mol. The van der Waals surface area contributed by atoms with Crippen molar-refractivity contribution in [3.05, 3.63) is 83.4 Å². The summed E-state index contributed by atoms with van der Waals surface area (Å²) in [6.07, 6.45) is 0.157. The van der Waals surface area contributed by atoms with Gasteiger partial charge in [0.25, 0.3) is 0 Å². The monoisotopic (exact) mass is 756 g/mol. The molecule has 6 amide bonds. The zero-order valence-corrected chi connectivity index (χ0v) is 32.1. The molecule has 292 valence electrons. The van der Waals surface area contributed by atoms with E-state index in [2.05, 4.69) is 16.0 Å². The van der Waals surface area contributed by atoms with Crippen LogP contribution < -0.4 is 30.2 Å². The van der Waals surface area contributed by atoms with Crippen molar-refractivity contribution in [2.24, 2.45) is 0 Å². The van der Waals surface area contributed by atoms with Crippen molar-refractivity contribution in [1.29, 1.82) is 0 Å². The van der Waals surface area contributed by atoms with Crippen LogP contribution >= 0.6 is 0 Å². The Labute approximate surface area is 320 Å². The van der Waals surface area contributed by atoms with Crippen molar-refractivity contribution in [3.63, 3.8) is 0 Å². The van der Waals surface area contributed by atoms with E-state index >= 15 is 0 Å². The lowest BCUT2D eigenvalue weighted by atomic mass is 9.99. The molecule has 1 fully saturated rings. The van der Waals surface area contributed by atoms with Crippen LogP contribution in [0.1, 0.15) is 30.5 Å². The molecule has 0 radical (unpaired) electrons. The van der Waals surface area contributed by atoms with Crippen LogP contribution in [-0.2, 0) is 48.0 Å². The molecule has 3 aromatic carbocycles. The average Bonchev–Trinajstić information content (AvgIpc) is 3.18. The molecule has 3 N–H and O–H groups in total. The highest BCUT2D eigenvalue weighted by atomic mass is 16.5. The van der Waals surface area contributed by atoms with Crippen molar-refractivity contribution in [2.75, 3.05) is 41.9 Å². The number of rotatable bonds is 4. The molecule has 0 unspecified atom stereocenters. The van der Waals surface area contributed by atoms with Crippen molar-refractivity contribution in [2.45, 2.75) is 63.3 Å². The Morgan fingerprint density at radius 1 is 0.673 bits per heavy atom. The number of hydrogen-bond acceptors (Lipinski definition) is 9. The second-order valence-electron chi connectivity index (χ2n) is 13.8. The number of ether oxygens (including phenoxy) is 3. The fraction of sp³-hybridized carbons (Fsp3) is 0.400. The van der Waals surface area contributed by atoms with Gasteiger partial charge in [-0.05, 0) is 66.9 Å². The lowest BCUT2D eigenvalue weighted by Crippen LogP contribution is -2.60. The van der Waals surface area contributed by atoms with Gasteiger partial charge in [0, 0.05) is 40.4 Å². The first-order chi connectivity index (χ1) is 26.2. The Morgan fingerprint density at radius 3 is 1.96 bits per heavy atom. The van der Waals surface area contributed by atoms with Crippen molar-refractivity contribution < 1.29 is 43.0 Å². The first kappa shape index (κ1) is 40.1. The van der Waals surface area contributed by atoms with E-state index in [4.69, 9.17) is 14.2 Å². The van der Waals surface area contributed by atoms with E-state index in [1.165, 1.54) is 63.9 Å². The van der Waals surface area contributed by atoms with Crippen molar-refractivity contribution >= 4 is 35.4 Å². The number of benzene rings is 3. The molecule has 0 aromatic heterocycles. The molecule has 0 saturated carbocycles. The molecule has 15 nitrogen and oxygen atoms in total. The van der Waals surface area contributed by atoms with E-state index in [0.29, 0.717) is 39.7 Å². The summed E-state index contributed by atoms with van der Waals surface area (Å²) in [5.74, 6) is -1.62. The van der Waals surface area contributed by atoms with Crippen LogP contribution in [0.5, 0.6) is 23.0 Å². The van der Waals surface area contributed by atoms with Crippen LogP contribution in [-0.4, -0.2) is 122 Å². The van der Waals surface area contributed by atoms with Crippen LogP contribution in [0.3, 0.4) is 0 Å². The number of nitrogens with one attached hydrogen (secondary N) is 3. The summed E-state index contributed by atoms with van der Waals surface area (Å²) in [5, 5.41) is 8.03. The molecule has 0 spiro atoms. The van der Waals surface area contributed by atoms with Gasteiger partial charge in [-0.1, -0.05) is 30.3 Å². The molecule has 6 rings (SSSR count). The molecule has 3 aromatic rings. The van der Waals surface area contributed by atoms with Gasteiger partial charge < -0.3 is 44.9 Å². The SMILES string of the molecule is COc1ccc(C[C@H]2C(=O)NCC(=O)N(C)[C@H]3Cc4ccc(cc4)Oc4cc(ccc4OC)C[C@@H](C(=O)N[C@@H](C)C(=O)N[C@@H](C)C(=O)N2C)N(C)C3=O)cc1. The third-order valence-corrected chi connectivity index (χ3v) is 10.1. The highest BCUT2D eigenvalue weighted by molar-refractivity contribution is 5.97. The number of hydrogen-bond donors (Lipinski definition) is 3. The fourth-order valence-corrected chi connectivity index (χ4v) is 6.58. The summed E-state index contributed by atoms with van der Waals surface area (Å²) in [5.41, 5.74) is 2.03. The van der Waals surface area contributed by atoms with Gasteiger partial charge in [-0.2, -0.15) is 0 Å². The number of carbonyl (C=O) groups is 6. The normalized spacial score (nSPS) is 23.2. The number of carbonyl (C=O) groups excluding carboxylic acids is 6. The fourth-order valence-electron chi connectivity index (χ4n) is 6.58. The predicted molar refractivity (Wildman–Crippen MR) is 202 cm³/mol. The second kappa shape index (κ2) is 17.3. The van der Waals surface area contributed by atoms with E-state index in [1.54, 1.807) is 66.7 Å². The minimum absolute atomic E-state index is 0.00998. The lowest BCUT2D eigenvalue weighted by Gasteiger charge is -2.35. The van der Waals surface area contributed by atoms with Gasteiger partial charge in [0.05, 0.1) is 20.8 Å². The number of amides is 6.